The molecule has 1 N–H and O–H groups in total. The molecule has 2 aromatic heterocycles. The van der Waals surface area contributed by atoms with Crippen LogP contribution in [0.3, 0.4) is 0 Å². The van der Waals surface area contributed by atoms with Crippen LogP contribution >= 0.6 is 0 Å². The molecule has 0 fully saturated rings. The summed E-state index contributed by atoms with van der Waals surface area (Å²) in [6.07, 6.45) is 4.77. The Bertz CT molecular complexity index is 1300. The number of phenols is 1. The lowest BCUT2D eigenvalue weighted by Crippen LogP contribution is -2.22. The Morgan fingerprint density at radius 3 is 2.55 bits per heavy atom. The van der Waals surface area contributed by atoms with E-state index in [1.807, 2.05) is 30.3 Å². The molecule has 0 bridgehead atoms. The highest BCUT2D eigenvalue weighted by Crippen LogP contribution is 2.45. The van der Waals surface area contributed by atoms with Crippen molar-refractivity contribution in [3.05, 3.63) is 88.5 Å². The number of ether oxygens (including phenoxy) is 1. The first kappa shape index (κ1) is 17.2. The van der Waals surface area contributed by atoms with Gasteiger partial charge in [-0.15, -0.1) is 0 Å². The first-order valence-corrected chi connectivity index (χ1v) is 9.11. The Morgan fingerprint density at radius 1 is 1.03 bits per heavy atom. The van der Waals surface area contributed by atoms with Gasteiger partial charge in [0.2, 0.25) is 5.43 Å². The van der Waals surface area contributed by atoms with E-state index in [1.165, 1.54) is 12.3 Å². The number of aromatic hydroxyl groups is 1. The topological polar surface area (TPSA) is 89.6 Å². The van der Waals surface area contributed by atoms with Crippen LogP contribution in [0.15, 0.2) is 76.4 Å². The molecule has 2 aromatic carbocycles. The minimum atomic E-state index is -0.415. The first-order valence-electron chi connectivity index (χ1n) is 9.11. The molecule has 29 heavy (non-hydrogen) atoms. The van der Waals surface area contributed by atoms with E-state index >= 15 is 0 Å². The van der Waals surface area contributed by atoms with Crippen LogP contribution in [0.4, 0.5) is 0 Å². The van der Waals surface area contributed by atoms with Crippen LogP contribution in [0.2, 0.25) is 0 Å². The first-order chi connectivity index (χ1) is 14.1. The Labute approximate surface area is 165 Å². The number of esters is 1. The third-order valence-electron chi connectivity index (χ3n) is 5.16. The van der Waals surface area contributed by atoms with Crippen LogP contribution in [0.5, 0.6) is 11.5 Å². The van der Waals surface area contributed by atoms with Crippen molar-refractivity contribution in [2.24, 2.45) is 0 Å². The van der Waals surface area contributed by atoms with Crippen molar-refractivity contribution >= 4 is 16.9 Å². The van der Waals surface area contributed by atoms with Gasteiger partial charge in [0.25, 0.3) is 0 Å². The summed E-state index contributed by atoms with van der Waals surface area (Å²) in [6.45, 7) is 0. The molecule has 4 aromatic rings. The number of hydrogen-bond acceptors (Lipinski definition) is 6. The van der Waals surface area contributed by atoms with Gasteiger partial charge in [-0.1, -0.05) is 30.3 Å². The van der Waals surface area contributed by atoms with Gasteiger partial charge in [0, 0.05) is 29.9 Å². The van der Waals surface area contributed by atoms with Crippen molar-refractivity contribution in [2.45, 2.75) is 12.3 Å². The predicted octanol–water partition coefficient (Wildman–Crippen LogP) is 4.00. The number of aromatic nitrogens is 1. The van der Waals surface area contributed by atoms with E-state index in [0.29, 0.717) is 16.7 Å². The lowest BCUT2D eigenvalue weighted by Gasteiger charge is -2.25. The fourth-order valence-corrected chi connectivity index (χ4v) is 3.83. The number of fused-ring (bicyclic) bond motifs is 3. The number of hydrogen-bond donors (Lipinski definition) is 1. The van der Waals surface area contributed by atoms with Crippen molar-refractivity contribution in [2.75, 3.05) is 0 Å². The van der Waals surface area contributed by atoms with E-state index in [4.69, 9.17) is 9.15 Å². The average Bonchev–Trinajstić information content (AvgIpc) is 2.74. The molecule has 1 aliphatic rings. The lowest BCUT2D eigenvalue weighted by atomic mass is 9.85. The monoisotopic (exact) mass is 385 g/mol. The Hall–Kier alpha value is -3.93. The Balaban J connectivity index is 1.81. The fourth-order valence-electron chi connectivity index (χ4n) is 3.83. The summed E-state index contributed by atoms with van der Waals surface area (Å²) in [4.78, 5) is 29.4. The highest BCUT2D eigenvalue weighted by atomic mass is 16.5. The van der Waals surface area contributed by atoms with Crippen LogP contribution < -0.4 is 10.2 Å². The number of phenolic OH excluding ortho intramolecular Hbond substituents is 1. The third-order valence-corrected chi connectivity index (χ3v) is 5.16. The maximum Gasteiger partial charge on any atom is 0.312 e. The molecule has 0 amide bonds. The number of carbonyl (C=O) groups is 1. The van der Waals surface area contributed by atoms with Crippen molar-refractivity contribution in [3.8, 4) is 22.6 Å². The van der Waals surface area contributed by atoms with Gasteiger partial charge in [0.15, 0.2) is 0 Å². The second-order valence-electron chi connectivity index (χ2n) is 6.87. The zero-order valence-corrected chi connectivity index (χ0v) is 15.2. The van der Waals surface area contributed by atoms with Gasteiger partial charge >= 0.3 is 5.97 Å². The van der Waals surface area contributed by atoms with Gasteiger partial charge < -0.3 is 14.3 Å². The maximum atomic E-state index is 13.2. The quantitative estimate of drug-likeness (QED) is 0.414. The second-order valence-corrected chi connectivity index (χ2v) is 6.87. The summed E-state index contributed by atoms with van der Waals surface area (Å²) in [5.41, 5.74) is 2.33. The molecule has 0 aliphatic carbocycles. The molecule has 0 saturated heterocycles. The smallest absolute Gasteiger partial charge is 0.312 e. The van der Waals surface area contributed by atoms with Crippen molar-refractivity contribution in [1.29, 1.82) is 0 Å². The Kier molecular flexibility index (Phi) is 3.91. The van der Waals surface area contributed by atoms with Gasteiger partial charge in [0.05, 0.1) is 12.0 Å². The largest absolute Gasteiger partial charge is 0.507 e. The van der Waals surface area contributed by atoms with Gasteiger partial charge in [-0.05, 0) is 23.3 Å². The zero-order chi connectivity index (χ0) is 20.0. The molecule has 0 radical (unpaired) electrons. The highest BCUT2D eigenvalue weighted by molar-refractivity contribution is 5.94. The van der Waals surface area contributed by atoms with Crippen LogP contribution in [0.1, 0.15) is 23.5 Å². The molecule has 3 heterocycles. The fraction of sp³-hybridized carbons (Fsp3) is 0.0870. The van der Waals surface area contributed by atoms with Crippen molar-refractivity contribution in [3.63, 3.8) is 0 Å². The van der Waals surface area contributed by atoms with Gasteiger partial charge in [0.1, 0.15) is 28.7 Å². The molecule has 0 unspecified atom stereocenters. The normalized spacial score (nSPS) is 15.7. The molecule has 0 saturated carbocycles. The average molecular weight is 385 g/mol. The number of pyridine rings is 1. The molecule has 1 atom stereocenters. The van der Waals surface area contributed by atoms with E-state index in [9.17, 15) is 14.7 Å². The van der Waals surface area contributed by atoms with Crippen molar-refractivity contribution in [1.82, 2.24) is 4.98 Å². The molecule has 6 heteroatoms. The summed E-state index contributed by atoms with van der Waals surface area (Å²) in [6, 6.07) is 14.0. The summed E-state index contributed by atoms with van der Waals surface area (Å²) in [5.74, 6) is -0.874. The number of nitrogens with zero attached hydrogens (tertiary/aromatic N) is 1. The van der Waals surface area contributed by atoms with E-state index in [0.717, 1.165) is 5.56 Å². The number of benzene rings is 2. The van der Waals surface area contributed by atoms with Gasteiger partial charge in [-0.3, -0.25) is 14.6 Å². The molecular weight excluding hydrogens is 370 g/mol. The SMILES string of the molecule is O=C1C[C@H](c2ccncc2)c2c(cc(O)c3c(=O)c(-c4ccccc4)coc23)O1. The summed E-state index contributed by atoms with van der Waals surface area (Å²) in [7, 11) is 0. The van der Waals surface area contributed by atoms with Gasteiger partial charge in [-0.2, -0.15) is 0 Å². The minimum absolute atomic E-state index is 0.0714. The molecule has 5 rings (SSSR count). The number of carbonyl (C=O) groups excluding carboxylic acids is 1. The van der Waals surface area contributed by atoms with Gasteiger partial charge in [-0.25, -0.2) is 0 Å². The molecule has 0 spiro atoms. The van der Waals surface area contributed by atoms with Crippen LogP contribution in [-0.4, -0.2) is 16.1 Å². The van der Waals surface area contributed by atoms with Crippen LogP contribution in [-0.2, 0) is 4.79 Å². The summed E-state index contributed by atoms with van der Waals surface area (Å²) in [5, 5.41) is 10.6. The molecular formula is C23H15NO5. The summed E-state index contributed by atoms with van der Waals surface area (Å²) < 4.78 is 11.2. The standard InChI is InChI=1S/C23H15NO5/c25-17-11-18-20(15(10-19(26)29-18)14-6-8-24-9-7-14)23-21(17)22(27)16(12-28-23)13-4-2-1-3-5-13/h1-9,11-12,15,25H,10H2/t15-/m1/s1. The zero-order valence-electron chi connectivity index (χ0n) is 15.2. The van der Waals surface area contributed by atoms with E-state index < -0.39 is 5.97 Å². The Morgan fingerprint density at radius 2 is 1.79 bits per heavy atom. The maximum absolute atomic E-state index is 13.2. The molecule has 6 nitrogen and oxygen atoms in total. The predicted molar refractivity (Wildman–Crippen MR) is 106 cm³/mol. The van der Waals surface area contributed by atoms with E-state index in [2.05, 4.69) is 4.98 Å². The van der Waals surface area contributed by atoms with Crippen LogP contribution in [0.25, 0.3) is 22.1 Å². The third kappa shape index (κ3) is 2.77. The van der Waals surface area contributed by atoms with Crippen LogP contribution in [0, 0.1) is 0 Å². The molecule has 142 valence electrons. The summed E-state index contributed by atoms with van der Waals surface area (Å²) >= 11 is 0. The highest BCUT2D eigenvalue weighted by Gasteiger charge is 2.33. The van der Waals surface area contributed by atoms with E-state index in [-0.39, 0.29) is 40.2 Å². The second kappa shape index (κ2) is 6.60. The molecule has 1 aliphatic heterocycles. The minimum Gasteiger partial charge on any atom is -0.507 e. The number of rotatable bonds is 2. The lowest BCUT2D eigenvalue weighted by molar-refractivity contribution is -0.135. The van der Waals surface area contributed by atoms with E-state index in [1.54, 1.807) is 24.5 Å². The van der Waals surface area contributed by atoms with Crippen molar-refractivity contribution < 1.29 is 19.1 Å².